The minimum absolute atomic E-state index is 0.0490. The molecule has 1 aliphatic rings. The van der Waals surface area contributed by atoms with Gasteiger partial charge in [-0.05, 0) is 24.8 Å². The van der Waals surface area contributed by atoms with Crippen molar-refractivity contribution in [2.45, 2.75) is 19.3 Å². The Labute approximate surface area is 124 Å². The zero-order chi connectivity index (χ0) is 14.2. The SMILES string of the molecule is O=C(CC1CC1)Nc1nc(-c2ncnc3[nH]ccc23)cs1. The smallest absolute Gasteiger partial charge is 0.226 e. The van der Waals surface area contributed by atoms with E-state index in [1.807, 2.05) is 17.6 Å². The van der Waals surface area contributed by atoms with Crippen LogP contribution in [0.15, 0.2) is 24.0 Å². The molecule has 1 amide bonds. The summed E-state index contributed by atoms with van der Waals surface area (Å²) in [6.45, 7) is 0. The molecule has 1 fully saturated rings. The second-order valence-electron chi connectivity index (χ2n) is 5.20. The van der Waals surface area contributed by atoms with Crippen molar-refractivity contribution in [1.82, 2.24) is 19.9 Å². The van der Waals surface area contributed by atoms with Gasteiger partial charge in [-0.15, -0.1) is 11.3 Å². The molecule has 106 valence electrons. The van der Waals surface area contributed by atoms with Gasteiger partial charge in [0, 0.05) is 23.4 Å². The molecule has 0 spiro atoms. The average molecular weight is 299 g/mol. The van der Waals surface area contributed by atoms with Gasteiger partial charge in [0.1, 0.15) is 23.4 Å². The van der Waals surface area contributed by atoms with Gasteiger partial charge in [0.25, 0.3) is 0 Å². The Morgan fingerprint density at radius 3 is 3.19 bits per heavy atom. The molecule has 7 heteroatoms. The Morgan fingerprint density at radius 1 is 1.43 bits per heavy atom. The Balaban J connectivity index is 1.58. The third-order valence-corrected chi connectivity index (χ3v) is 4.28. The lowest BCUT2D eigenvalue weighted by molar-refractivity contribution is -0.116. The van der Waals surface area contributed by atoms with Gasteiger partial charge in [-0.1, -0.05) is 0 Å². The van der Waals surface area contributed by atoms with Gasteiger partial charge >= 0.3 is 0 Å². The van der Waals surface area contributed by atoms with Crippen molar-refractivity contribution >= 4 is 33.4 Å². The summed E-state index contributed by atoms with van der Waals surface area (Å²) >= 11 is 1.42. The molecule has 0 atom stereocenters. The van der Waals surface area contributed by atoms with Gasteiger partial charge < -0.3 is 10.3 Å². The number of nitrogens with one attached hydrogen (secondary N) is 2. The van der Waals surface area contributed by atoms with Crippen LogP contribution in [0.25, 0.3) is 22.4 Å². The Bertz CT molecular complexity index is 804. The van der Waals surface area contributed by atoms with Crippen molar-refractivity contribution in [2.75, 3.05) is 5.32 Å². The van der Waals surface area contributed by atoms with E-state index in [1.165, 1.54) is 30.5 Å². The molecule has 3 aromatic heterocycles. The summed E-state index contributed by atoms with van der Waals surface area (Å²) in [6.07, 6.45) is 6.28. The largest absolute Gasteiger partial charge is 0.346 e. The highest BCUT2D eigenvalue weighted by molar-refractivity contribution is 7.14. The highest BCUT2D eigenvalue weighted by Gasteiger charge is 2.24. The zero-order valence-corrected chi connectivity index (χ0v) is 12.0. The predicted octanol–water partition coefficient (Wildman–Crippen LogP) is 2.82. The van der Waals surface area contributed by atoms with E-state index in [1.54, 1.807) is 0 Å². The summed E-state index contributed by atoms with van der Waals surface area (Å²) < 4.78 is 0. The van der Waals surface area contributed by atoms with E-state index in [-0.39, 0.29) is 5.91 Å². The number of anilines is 1. The molecule has 2 N–H and O–H groups in total. The first-order valence-electron chi connectivity index (χ1n) is 6.83. The molecule has 4 rings (SSSR count). The van der Waals surface area contributed by atoms with E-state index in [2.05, 4.69) is 25.3 Å². The molecule has 1 aliphatic carbocycles. The molecule has 0 bridgehead atoms. The molecule has 0 aliphatic heterocycles. The van der Waals surface area contributed by atoms with E-state index >= 15 is 0 Å². The van der Waals surface area contributed by atoms with Crippen LogP contribution in [0.5, 0.6) is 0 Å². The van der Waals surface area contributed by atoms with Crippen LogP contribution in [-0.4, -0.2) is 25.8 Å². The Hall–Kier alpha value is -2.28. The number of H-pyrrole nitrogens is 1. The van der Waals surface area contributed by atoms with Crippen LogP contribution in [0.4, 0.5) is 5.13 Å². The average Bonchev–Trinajstić information content (AvgIpc) is 2.99. The minimum Gasteiger partial charge on any atom is -0.346 e. The summed E-state index contributed by atoms with van der Waals surface area (Å²) in [5, 5.41) is 6.32. The number of carbonyl (C=O) groups excluding carboxylic acids is 1. The quantitative estimate of drug-likeness (QED) is 0.776. The highest BCUT2D eigenvalue weighted by atomic mass is 32.1. The molecule has 0 saturated heterocycles. The van der Waals surface area contributed by atoms with Crippen molar-refractivity contribution in [1.29, 1.82) is 0 Å². The highest BCUT2D eigenvalue weighted by Crippen LogP contribution is 2.33. The van der Waals surface area contributed by atoms with Gasteiger partial charge in [0.05, 0.1) is 0 Å². The lowest BCUT2D eigenvalue weighted by Gasteiger charge is -2.00. The first-order chi connectivity index (χ1) is 10.3. The molecular weight excluding hydrogens is 286 g/mol. The molecule has 6 nitrogen and oxygen atoms in total. The van der Waals surface area contributed by atoms with Crippen LogP contribution in [-0.2, 0) is 4.79 Å². The Kier molecular flexibility index (Phi) is 2.92. The number of rotatable bonds is 4. The van der Waals surface area contributed by atoms with E-state index < -0.39 is 0 Å². The Morgan fingerprint density at radius 2 is 2.33 bits per heavy atom. The maximum Gasteiger partial charge on any atom is 0.226 e. The summed E-state index contributed by atoms with van der Waals surface area (Å²) in [7, 11) is 0. The fourth-order valence-electron chi connectivity index (χ4n) is 2.27. The first kappa shape index (κ1) is 12.5. The number of aromatic amines is 1. The third kappa shape index (κ3) is 2.52. The topological polar surface area (TPSA) is 83.6 Å². The summed E-state index contributed by atoms with van der Waals surface area (Å²) in [4.78, 5) is 27.8. The predicted molar refractivity (Wildman–Crippen MR) is 81.0 cm³/mol. The lowest BCUT2D eigenvalue weighted by atomic mass is 10.2. The first-order valence-corrected chi connectivity index (χ1v) is 7.71. The normalized spacial score (nSPS) is 14.5. The van der Waals surface area contributed by atoms with E-state index in [4.69, 9.17) is 0 Å². The number of fused-ring (bicyclic) bond motifs is 1. The van der Waals surface area contributed by atoms with Crippen molar-refractivity contribution in [2.24, 2.45) is 5.92 Å². The van der Waals surface area contributed by atoms with Gasteiger partial charge in [-0.2, -0.15) is 0 Å². The number of thiazole rings is 1. The van der Waals surface area contributed by atoms with Crippen molar-refractivity contribution in [3.05, 3.63) is 24.0 Å². The van der Waals surface area contributed by atoms with Gasteiger partial charge in [0.15, 0.2) is 5.13 Å². The molecule has 3 aromatic rings. The standard InChI is InChI=1S/C14H13N5OS/c20-11(5-8-1-2-8)19-14-18-10(6-21-14)12-9-3-4-15-13(9)17-7-16-12/h3-4,6-8H,1-2,5H2,(H,15,16,17)(H,18,19,20). The number of amides is 1. The zero-order valence-electron chi connectivity index (χ0n) is 11.2. The van der Waals surface area contributed by atoms with E-state index in [0.29, 0.717) is 17.5 Å². The van der Waals surface area contributed by atoms with Crippen molar-refractivity contribution in [3.8, 4) is 11.4 Å². The number of nitrogens with zero attached hydrogens (tertiary/aromatic N) is 3. The minimum atomic E-state index is 0.0490. The van der Waals surface area contributed by atoms with Crippen LogP contribution in [0.1, 0.15) is 19.3 Å². The second-order valence-corrected chi connectivity index (χ2v) is 6.05. The maximum atomic E-state index is 11.8. The molecule has 1 saturated carbocycles. The number of hydrogen-bond acceptors (Lipinski definition) is 5. The number of carbonyl (C=O) groups is 1. The number of hydrogen-bond donors (Lipinski definition) is 2. The molecule has 3 heterocycles. The number of aromatic nitrogens is 4. The lowest BCUT2D eigenvalue weighted by Crippen LogP contribution is -2.11. The van der Waals surface area contributed by atoms with Crippen LogP contribution in [0.2, 0.25) is 0 Å². The van der Waals surface area contributed by atoms with Crippen molar-refractivity contribution in [3.63, 3.8) is 0 Å². The molecular formula is C14H13N5OS. The molecule has 0 aromatic carbocycles. The fraction of sp³-hybridized carbons (Fsp3) is 0.286. The van der Waals surface area contributed by atoms with E-state index in [9.17, 15) is 4.79 Å². The van der Waals surface area contributed by atoms with E-state index in [0.717, 1.165) is 22.4 Å². The van der Waals surface area contributed by atoms with Crippen molar-refractivity contribution < 1.29 is 4.79 Å². The molecule has 0 unspecified atom stereocenters. The summed E-state index contributed by atoms with van der Waals surface area (Å²) in [6, 6.07) is 1.93. The summed E-state index contributed by atoms with van der Waals surface area (Å²) in [5.74, 6) is 0.624. The summed E-state index contributed by atoms with van der Waals surface area (Å²) in [5.41, 5.74) is 2.32. The second kappa shape index (κ2) is 4.92. The van der Waals surface area contributed by atoms with Gasteiger partial charge in [-0.25, -0.2) is 15.0 Å². The van der Waals surface area contributed by atoms with Gasteiger partial charge in [-0.3, -0.25) is 4.79 Å². The van der Waals surface area contributed by atoms with Gasteiger partial charge in [0.2, 0.25) is 5.91 Å². The van der Waals surface area contributed by atoms with Crippen LogP contribution >= 0.6 is 11.3 Å². The van der Waals surface area contributed by atoms with Crippen LogP contribution in [0, 0.1) is 5.92 Å². The van der Waals surface area contributed by atoms with Crippen LogP contribution < -0.4 is 5.32 Å². The van der Waals surface area contributed by atoms with Crippen LogP contribution in [0.3, 0.4) is 0 Å². The fourth-order valence-corrected chi connectivity index (χ4v) is 2.98. The third-order valence-electron chi connectivity index (χ3n) is 3.52. The molecule has 21 heavy (non-hydrogen) atoms. The molecule has 0 radical (unpaired) electrons. The monoisotopic (exact) mass is 299 g/mol. The maximum absolute atomic E-state index is 11.8.